The van der Waals surface area contributed by atoms with Gasteiger partial charge >= 0.3 is 0 Å². The van der Waals surface area contributed by atoms with Crippen LogP contribution in [0.25, 0.3) is 0 Å². The van der Waals surface area contributed by atoms with Crippen molar-refractivity contribution in [1.29, 1.82) is 0 Å². The van der Waals surface area contributed by atoms with Crippen molar-refractivity contribution in [2.45, 2.75) is 6.92 Å². The summed E-state index contributed by atoms with van der Waals surface area (Å²) in [6, 6.07) is 5.39. The minimum absolute atomic E-state index is 0.515. The number of nitrogens with zero attached hydrogens (tertiary/aromatic N) is 2. The lowest BCUT2D eigenvalue weighted by Crippen LogP contribution is -1.94. The molecule has 15 heavy (non-hydrogen) atoms. The summed E-state index contributed by atoms with van der Waals surface area (Å²) >= 11 is 0. The maximum Gasteiger partial charge on any atom is 0.153 e. The molecule has 76 valence electrons. The van der Waals surface area contributed by atoms with Gasteiger partial charge in [-0.05, 0) is 19.1 Å². The predicted octanol–water partition coefficient (Wildman–Crippen LogP) is 2.16. The van der Waals surface area contributed by atoms with Crippen LogP contribution in [0.4, 0.5) is 5.69 Å². The lowest BCUT2D eigenvalue weighted by molar-refractivity contribution is 0.477. The van der Waals surface area contributed by atoms with Crippen LogP contribution in [0, 0.1) is 6.92 Å². The molecule has 0 atom stereocenters. The maximum atomic E-state index is 5.71. The Bertz CT molecular complexity index is 427. The second kappa shape index (κ2) is 3.96. The molecule has 2 heterocycles. The summed E-state index contributed by atoms with van der Waals surface area (Å²) in [6.07, 6.45) is 4.91. The molecular weight excluding hydrogens is 190 g/mol. The fourth-order valence-corrected chi connectivity index (χ4v) is 1.18. The van der Waals surface area contributed by atoms with Gasteiger partial charge in [0.05, 0.1) is 17.6 Å². The summed E-state index contributed by atoms with van der Waals surface area (Å²) in [7, 11) is 0. The smallest absolute Gasteiger partial charge is 0.153 e. The predicted molar refractivity (Wildman–Crippen MR) is 57.7 cm³/mol. The van der Waals surface area contributed by atoms with Crippen molar-refractivity contribution in [3.05, 3.63) is 42.5 Å². The van der Waals surface area contributed by atoms with Crippen molar-refractivity contribution in [3.8, 4) is 11.5 Å². The van der Waals surface area contributed by atoms with Gasteiger partial charge in [-0.15, -0.1) is 0 Å². The fraction of sp³-hybridized carbons (Fsp3) is 0.0909. The summed E-state index contributed by atoms with van der Waals surface area (Å²) in [6.45, 7) is 1.88. The van der Waals surface area contributed by atoms with Crippen LogP contribution in [0.1, 0.15) is 5.69 Å². The third kappa shape index (κ3) is 2.04. The van der Waals surface area contributed by atoms with Crippen LogP contribution in [0.15, 0.2) is 36.8 Å². The number of hydrogen-bond acceptors (Lipinski definition) is 4. The minimum atomic E-state index is 0.515. The standard InChI is InChI=1S/C11H11N3O/c1-8-10(3-2-5-14-8)15-11-4-6-13-7-9(11)12/h2-7H,12H2,1H3. The summed E-state index contributed by atoms with van der Waals surface area (Å²) in [4.78, 5) is 8.01. The van der Waals surface area contributed by atoms with E-state index in [9.17, 15) is 0 Å². The van der Waals surface area contributed by atoms with E-state index in [1.165, 1.54) is 0 Å². The summed E-state index contributed by atoms with van der Waals surface area (Å²) < 4.78 is 5.61. The molecular formula is C11H11N3O. The van der Waals surface area contributed by atoms with E-state index >= 15 is 0 Å². The molecule has 4 heteroatoms. The van der Waals surface area contributed by atoms with E-state index in [-0.39, 0.29) is 0 Å². The molecule has 4 nitrogen and oxygen atoms in total. The van der Waals surface area contributed by atoms with Crippen molar-refractivity contribution < 1.29 is 4.74 Å². The number of pyridine rings is 2. The van der Waals surface area contributed by atoms with Gasteiger partial charge in [0.1, 0.15) is 5.75 Å². The van der Waals surface area contributed by atoms with Crippen molar-refractivity contribution in [1.82, 2.24) is 9.97 Å². The number of nitrogen functional groups attached to an aromatic ring is 1. The Balaban J connectivity index is 2.30. The number of anilines is 1. The van der Waals surface area contributed by atoms with Crippen LogP contribution in [-0.4, -0.2) is 9.97 Å². The summed E-state index contributed by atoms with van der Waals surface area (Å²) in [5.74, 6) is 1.30. The Morgan fingerprint density at radius 2 is 2.07 bits per heavy atom. The highest BCUT2D eigenvalue weighted by atomic mass is 16.5. The number of rotatable bonds is 2. The molecule has 0 saturated heterocycles. The van der Waals surface area contributed by atoms with Gasteiger partial charge in [0.25, 0.3) is 0 Å². The van der Waals surface area contributed by atoms with Gasteiger partial charge < -0.3 is 10.5 Å². The summed E-state index contributed by atoms with van der Waals surface area (Å²) in [5, 5.41) is 0. The Morgan fingerprint density at radius 1 is 1.20 bits per heavy atom. The van der Waals surface area contributed by atoms with Gasteiger partial charge in [-0.25, -0.2) is 0 Å². The zero-order valence-corrected chi connectivity index (χ0v) is 8.34. The van der Waals surface area contributed by atoms with Crippen LogP contribution in [-0.2, 0) is 0 Å². The molecule has 0 spiro atoms. The van der Waals surface area contributed by atoms with Gasteiger partial charge in [-0.2, -0.15) is 0 Å². The largest absolute Gasteiger partial charge is 0.453 e. The number of hydrogen-bond donors (Lipinski definition) is 1. The van der Waals surface area contributed by atoms with E-state index in [2.05, 4.69) is 9.97 Å². The van der Waals surface area contributed by atoms with Crippen LogP contribution in [0.3, 0.4) is 0 Å². The molecule has 2 rings (SSSR count). The molecule has 0 radical (unpaired) electrons. The minimum Gasteiger partial charge on any atom is -0.453 e. The van der Waals surface area contributed by atoms with Crippen LogP contribution in [0.5, 0.6) is 11.5 Å². The molecule has 2 N–H and O–H groups in total. The van der Waals surface area contributed by atoms with Crippen molar-refractivity contribution >= 4 is 5.69 Å². The highest BCUT2D eigenvalue weighted by Crippen LogP contribution is 2.27. The third-order valence-corrected chi connectivity index (χ3v) is 1.99. The SMILES string of the molecule is Cc1ncccc1Oc1ccncc1N. The van der Waals surface area contributed by atoms with E-state index < -0.39 is 0 Å². The van der Waals surface area contributed by atoms with E-state index in [0.717, 1.165) is 5.69 Å². The van der Waals surface area contributed by atoms with Gasteiger partial charge in [0.15, 0.2) is 5.75 Å². The zero-order valence-electron chi connectivity index (χ0n) is 8.34. The first-order valence-electron chi connectivity index (χ1n) is 4.56. The molecule has 0 saturated carbocycles. The molecule has 0 amide bonds. The van der Waals surface area contributed by atoms with Crippen molar-refractivity contribution in [3.63, 3.8) is 0 Å². The second-order valence-electron chi connectivity index (χ2n) is 3.10. The average Bonchev–Trinajstić information content (AvgIpc) is 2.24. The molecule has 0 bridgehead atoms. The molecule has 0 fully saturated rings. The maximum absolute atomic E-state index is 5.71. The molecule has 2 aromatic heterocycles. The monoisotopic (exact) mass is 201 g/mol. The normalized spacial score (nSPS) is 9.93. The first kappa shape index (κ1) is 9.45. The highest BCUT2D eigenvalue weighted by molar-refractivity contribution is 5.51. The number of ether oxygens (including phenoxy) is 1. The molecule has 0 aliphatic heterocycles. The average molecular weight is 201 g/mol. The molecule has 2 aromatic rings. The second-order valence-corrected chi connectivity index (χ2v) is 3.10. The van der Waals surface area contributed by atoms with Gasteiger partial charge in [-0.1, -0.05) is 0 Å². The van der Waals surface area contributed by atoms with Crippen LogP contribution < -0.4 is 10.5 Å². The fourth-order valence-electron chi connectivity index (χ4n) is 1.18. The number of aryl methyl sites for hydroxylation is 1. The summed E-state index contributed by atoms with van der Waals surface area (Å²) in [5.41, 5.74) is 7.05. The first-order chi connectivity index (χ1) is 7.27. The molecule has 0 aliphatic carbocycles. The number of nitrogens with two attached hydrogens (primary N) is 1. The third-order valence-electron chi connectivity index (χ3n) is 1.99. The Hall–Kier alpha value is -2.10. The van der Waals surface area contributed by atoms with Crippen LogP contribution >= 0.6 is 0 Å². The first-order valence-corrected chi connectivity index (χ1v) is 4.56. The molecule has 0 aliphatic rings. The van der Waals surface area contributed by atoms with E-state index in [4.69, 9.17) is 10.5 Å². The van der Waals surface area contributed by atoms with Crippen molar-refractivity contribution in [2.75, 3.05) is 5.73 Å². The van der Waals surface area contributed by atoms with Gasteiger partial charge in [0.2, 0.25) is 0 Å². The highest BCUT2D eigenvalue weighted by Gasteiger charge is 2.03. The van der Waals surface area contributed by atoms with Crippen LogP contribution in [0.2, 0.25) is 0 Å². The van der Waals surface area contributed by atoms with E-state index in [1.807, 2.05) is 19.1 Å². The lowest BCUT2D eigenvalue weighted by Gasteiger charge is -2.08. The Morgan fingerprint density at radius 3 is 2.80 bits per heavy atom. The van der Waals surface area contributed by atoms with Crippen molar-refractivity contribution in [2.24, 2.45) is 0 Å². The zero-order chi connectivity index (χ0) is 10.7. The van der Waals surface area contributed by atoms with Gasteiger partial charge in [-0.3, -0.25) is 9.97 Å². The topological polar surface area (TPSA) is 61.0 Å². The van der Waals surface area contributed by atoms with E-state index in [0.29, 0.717) is 17.2 Å². The lowest BCUT2D eigenvalue weighted by atomic mass is 10.3. The number of aromatic nitrogens is 2. The Kier molecular flexibility index (Phi) is 2.49. The molecule has 0 unspecified atom stereocenters. The Labute approximate surface area is 87.7 Å². The van der Waals surface area contributed by atoms with E-state index in [1.54, 1.807) is 24.7 Å². The van der Waals surface area contributed by atoms with Gasteiger partial charge in [0, 0.05) is 18.5 Å². The molecule has 0 aromatic carbocycles. The quantitative estimate of drug-likeness (QED) is 0.808.